The van der Waals surface area contributed by atoms with E-state index in [0.29, 0.717) is 29.5 Å². The number of nitrogens with one attached hydrogen (secondary N) is 1. The third-order valence-electron chi connectivity index (χ3n) is 5.55. The maximum Gasteiger partial charge on any atom is 0.322 e. The molecular formula is C20H27N3O4. The normalized spacial score (nSPS) is 20.8. The van der Waals surface area contributed by atoms with Crippen LogP contribution in [0.15, 0.2) is 29.5 Å². The van der Waals surface area contributed by atoms with Crippen molar-refractivity contribution in [3.05, 3.63) is 35.0 Å². The van der Waals surface area contributed by atoms with Crippen molar-refractivity contribution in [2.45, 2.75) is 32.9 Å². The second-order valence-electron chi connectivity index (χ2n) is 7.37. The molecule has 0 unspecified atom stereocenters. The van der Waals surface area contributed by atoms with Crippen LogP contribution in [0.2, 0.25) is 0 Å². The maximum absolute atomic E-state index is 13.3. The Balaban J connectivity index is 2.07. The Morgan fingerprint density at radius 1 is 1.07 bits per heavy atom. The van der Waals surface area contributed by atoms with Crippen LogP contribution in [0.5, 0.6) is 11.5 Å². The van der Waals surface area contributed by atoms with Crippen LogP contribution in [0.3, 0.4) is 0 Å². The minimum absolute atomic E-state index is 0.0372. The standard InChI is InChI=1S/C20H27N3O4/c1-11(2)12(3)23-10-16-17(19(23)24)18(21-20(25)22(16)4)13-7-14(26-5)9-15(8-13)27-6/h7-9,11-12,18H,10H2,1-6H3,(H,21,25)/t12-,18+/m1/s1. The number of hydrogen-bond acceptors (Lipinski definition) is 4. The van der Waals surface area contributed by atoms with Crippen LogP contribution in [0.25, 0.3) is 0 Å². The Morgan fingerprint density at radius 3 is 2.19 bits per heavy atom. The third-order valence-corrected chi connectivity index (χ3v) is 5.55. The zero-order valence-corrected chi connectivity index (χ0v) is 16.7. The van der Waals surface area contributed by atoms with Crippen molar-refractivity contribution in [1.82, 2.24) is 15.1 Å². The fourth-order valence-electron chi connectivity index (χ4n) is 3.52. The van der Waals surface area contributed by atoms with Gasteiger partial charge < -0.3 is 19.7 Å². The highest BCUT2D eigenvalue weighted by atomic mass is 16.5. The molecule has 0 saturated carbocycles. The van der Waals surface area contributed by atoms with Gasteiger partial charge in [0.25, 0.3) is 5.91 Å². The lowest BCUT2D eigenvalue weighted by Crippen LogP contribution is -2.45. The molecule has 27 heavy (non-hydrogen) atoms. The molecule has 0 spiro atoms. The Bertz CT molecular complexity index is 780. The summed E-state index contributed by atoms with van der Waals surface area (Å²) in [6.45, 7) is 6.66. The topological polar surface area (TPSA) is 71.1 Å². The van der Waals surface area contributed by atoms with Crippen molar-refractivity contribution >= 4 is 11.9 Å². The van der Waals surface area contributed by atoms with Crippen molar-refractivity contribution in [3.63, 3.8) is 0 Å². The summed E-state index contributed by atoms with van der Waals surface area (Å²) in [6, 6.07) is 4.72. The molecule has 0 saturated heterocycles. The van der Waals surface area contributed by atoms with E-state index in [0.717, 1.165) is 11.3 Å². The lowest BCUT2D eigenvalue weighted by Gasteiger charge is -2.31. The number of carbonyl (C=O) groups excluding carboxylic acids is 2. The molecule has 7 nitrogen and oxygen atoms in total. The molecule has 2 aliphatic rings. The molecule has 0 aromatic heterocycles. The highest BCUT2D eigenvalue weighted by Gasteiger charge is 2.44. The summed E-state index contributed by atoms with van der Waals surface area (Å²) in [5.41, 5.74) is 2.12. The van der Waals surface area contributed by atoms with Crippen molar-refractivity contribution in [3.8, 4) is 11.5 Å². The van der Waals surface area contributed by atoms with Gasteiger partial charge in [0, 0.05) is 19.2 Å². The molecule has 7 heteroatoms. The Hall–Kier alpha value is -2.70. The molecule has 0 fully saturated rings. The Kier molecular flexibility index (Phi) is 5.04. The number of urea groups is 1. The van der Waals surface area contributed by atoms with Crippen molar-refractivity contribution in [2.75, 3.05) is 27.8 Å². The summed E-state index contributed by atoms with van der Waals surface area (Å²) >= 11 is 0. The van der Waals surface area contributed by atoms with Gasteiger partial charge in [-0.1, -0.05) is 13.8 Å². The zero-order valence-electron chi connectivity index (χ0n) is 16.7. The van der Waals surface area contributed by atoms with E-state index in [-0.39, 0.29) is 18.0 Å². The van der Waals surface area contributed by atoms with Crippen LogP contribution in [0, 0.1) is 5.92 Å². The van der Waals surface area contributed by atoms with E-state index in [2.05, 4.69) is 19.2 Å². The van der Waals surface area contributed by atoms with E-state index in [9.17, 15) is 9.59 Å². The average molecular weight is 373 g/mol. The van der Waals surface area contributed by atoms with Crippen LogP contribution >= 0.6 is 0 Å². The first-order valence-electron chi connectivity index (χ1n) is 9.09. The monoisotopic (exact) mass is 373 g/mol. The van der Waals surface area contributed by atoms with E-state index >= 15 is 0 Å². The van der Waals surface area contributed by atoms with Gasteiger partial charge >= 0.3 is 6.03 Å². The smallest absolute Gasteiger partial charge is 0.322 e. The van der Waals surface area contributed by atoms with Gasteiger partial charge in [-0.2, -0.15) is 0 Å². The average Bonchev–Trinajstić information content (AvgIpc) is 3.00. The van der Waals surface area contributed by atoms with E-state index in [1.807, 2.05) is 24.0 Å². The summed E-state index contributed by atoms with van der Waals surface area (Å²) in [7, 11) is 4.84. The number of methoxy groups -OCH3 is 2. The predicted molar refractivity (Wildman–Crippen MR) is 102 cm³/mol. The van der Waals surface area contributed by atoms with Gasteiger partial charge in [-0.15, -0.1) is 0 Å². The van der Waals surface area contributed by atoms with Gasteiger partial charge in [0.05, 0.1) is 38.1 Å². The highest BCUT2D eigenvalue weighted by Crippen LogP contribution is 2.39. The summed E-state index contributed by atoms with van der Waals surface area (Å²) in [4.78, 5) is 29.2. The largest absolute Gasteiger partial charge is 0.497 e. The van der Waals surface area contributed by atoms with Gasteiger partial charge in [0.15, 0.2) is 0 Å². The minimum Gasteiger partial charge on any atom is -0.497 e. The van der Waals surface area contributed by atoms with E-state index in [1.165, 1.54) is 4.90 Å². The lowest BCUT2D eigenvalue weighted by molar-refractivity contribution is -0.128. The fraction of sp³-hybridized carbons (Fsp3) is 0.500. The molecule has 146 valence electrons. The van der Waals surface area contributed by atoms with Gasteiger partial charge in [0.2, 0.25) is 0 Å². The van der Waals surface area contributed by atoms with Crippen LogP contribution in [-0.4, -0.2) is 55.6 Å². The van der Waals surface area contributed by atoms with Gasteiger partial charge in [-0.25, -0.2) is 4.79 Å². The molecule has 2 heterocycles. The van der Waals surface area contributed by atoms with Gasteiger partial charge in [-0.05, 0) is 30.5 Å². The summed E-state index contributed by atoms with van der Waals surface area (Å²) in [5, 5.41) is 2.95. The first-order valence-corrected chi connectivity index (χ1v) is 9.09. The molecule has 0 aliphatic carbocycles. The third kappa shape index (κ3) is 3.22. The number of carbonyl (C=O) groups is 2. The van der Waals surface area contributed by atoms with Crippen LogP contribution < -0.4 is 14.8 Å². The number of rotatable bonds is 5. The maximum atomic E-state index is 13.3. The molecule has 2 atom stereocenters. The predicted octanol–water partition coefficient (Wildman–Crippen LogP) is 2.54. The molecule has 2 aliphatic heterocycles. The summed E-state index contributed by atoms with van der Waals surface area (Å²) in [5.74, 6) is 1.50. The summed E-state index contributed by atoms with van der Waals surface area (Å²) in [6.07, 6.45) is 0. The second-order valence-corrected chi connectivity index (χ2v) is 7.37. The van der Waals surface area contributed by atoms with Gasteiger partial charge in [-0.3, -0.25) is 9.69 Å². The molecule has 1 aromatic rings. The van der Waals surface area contributed by atoms with E-state index in [1.54, 1.807) is 27.3 Å². The molecule has 1 N–H and O–H groups in total. The first kappa shape index (κ1) is 19.1. The SMILES string of the molecule is COc1cc(OC)cc([C@@H]2NC(=O)N(C)C3=C2C(=O)N([C@H](C)C(C)C)C3)c1. The zero-order chi connectivity index (χ0) is 19.9. The lowest BCUT2D eigenvalue weighted by atomic mass is 9.95. The molecule has 1 aromatic carbocycles. The van der Waals surface area contributed by atoms with E-state index in [4.69, 9.17) is 9.47 Å². The van der Waals surface area contributed by atoms with Crippen LogP contribution in [0.4, 0.5) is 4.79 Å². The number of amides is 3. The second kappa shape index (κ2) is 7.13. The Morgan fingerprint density at radius 2 is 1.67 bits per heavy atom. The minimum atomic E-state index is -0.537. The number of hydrogen-bond donors (Lipinski definition) is 1. The quantitative estimate of drug-likeness (QED) is 0.861. The number of nitrogens with zero attached hydrogens (tertiary/aromatic N) is 2. The van der Waals surface area contributed by atoms with Crippen molar-refractivity contribution < 1.29 is 19.1 Å². The number of ether oxygens (including phenoxy) is 2. The molecular weight excluding hydrogens is 346 g/mol. The summed E-state index contributed by atoms with van der Waals surface area (Å²) < 4.78 is 10.7. The molecule has 3 rings (SSSR count). The van der Waals surface area contributed by atoms with Crippen molar-refractivity contribution in [1.29, 1.82) is 0 Å². The van der Waals surface area contributed by atoms with E-state index < -0.39 is 6.04 Å². The van der Waals surface area contributed by atoms with Gasteiger partial charge in [0.1, 0.15) is 11.5 Å². The molecule has 0 radical (unpaired) electrons. The number of benzene rings is 1. The first-order chi connectivity index (χ1) is 12.8. The van der Waals surface area contributed by atoms with Crippen molar-refractivity contribution in [2.24, 2.45) is 5.92 Å². The Labute approximate surface area is 159 Å². The highest BCUT2D eigenvalue weighted by molar-refractivity contribution is 6.01. The molecule has 0 bridgehead atoms. The van der Waals surface area contributed by atoms with Crippen LogP contribution in [0.1, 0.15) is 32.4 Å². The fourth-order valence-corrected chi connectivity index (χ4v) is 3.52. The van der Waals surface area contributed by atoms with Crippen LogP contribution in [-0.2, 0) is 4.79 Å². The number of likely N-dealkylation sites (N-methyl/N-ethyl adjacent to an activating group) is 1. The molecule has 3 amide bonds.